The van der Waals surface area contributed by atoms with Crippen LogP contribution in [0.15, 0.2) is 0 Å². The topological polar surface area (TPSA) is 75.6 Å². The molecule has 16 heavy (non-hydrogen) atoms. The average Bonchev–Trinajstić information content (AvgIpc) is 3.10. The zero-order chi connectivity index (χ0) is 11.5. The summed E-state index contributed by atoms with van der Waals surface area (Å²) >= 11 is 0. The summed E-state index contributed by atoms with van der Waals surface area (Å²) in [6.07, 6.45) is 3.44. The van der Waals surface area contributed by atoms with Crippen LogP contribution in [0.2, 0.25) is 0 Å². The van der Waals surface area contributed by atoms with Gasteiger partial charge in [-0.2, -0.15) is 0 Å². The summed E-state index contributed by atoms with van der Waals surface area (Å²) < 4.78 is 0. The SMILES string of the molecule is NC(=O)C(N)CCN1CCN(C2CC2)CC1. The van der Waals surface area contributed by atoms with Crippen molar-refractivity contribution in [2.45, 2.75) is 31.3 Å². The van der Waals surface area contributed by atoms with Crippen LogP contribution in [0.5, 0.6) is 0 Å². The third kappa shape index (κ3) is 3.17. The van der Waals surface area contributed by atoms with Gasteiger partial charge in [0.05, 0.1) is 6.04 Å². The highest BCUT2D eigenvalue weighted by Crippen LogP contribution is 2.27. The van der Waals surface area contributed by atoms with Crippen LogP contribution in [0.4, 0.5) is 0 Å². The number of nitrogens with two attached hydrogens (primary N) is 2. The molecule has 5 nitrogen and oxygen atoms in total. The first kappa shape index (κ1) is 11.8. The maximum Gasteiger partial charge on any atom is 0.234 e. The smallest absolute Gasteiger partial charge is 0.234 e. The van der Waals surface area contributed by atoms with Gasteiger partial charge in [-0.15, -0.1) is 0 Å². The van der Waals surface area contributed by atoms with Gasteiger partial charge in [0.15, 0.2) is 0 Å². The molecule has 4 N–H and O–H groups in total. The summed E-state index contributed by atoms with van der Waals surface area (Å²) in [6.45, 7) is 5.42. The van der Waals surface area contributed by atoms with Crippen molar-refractivity contribution in [2.75, 3.05) is 32.7 Å². The zero-order valence-electron chi connectivity index (χ0n) is 9.77. The van der Waals surface area contributed by atoms with E-state index >= 15 is 0 Å². The molecule has 2 fully saturated rings. The van der Waals surface area contributed by atoms with Gasteiger partial charge in [0.2, 0.25) is 5.91 Å². The largest absolute Gasteiger partial charge is 0.368 e. The van der Waals surface area contributed by atoms with Gasteiger partial charge in [-0.1, -0.05) is 0 Å². The molecule has 1 saturated carbocycles. The van der Waals surface area contributed by atoms with Crippen LogP contribution in [0, 0.1) is 0 Å². The second-order valence-corrected chi connectivity index (χ2v) is 4.91. The Morgan fingerprint density at radius 1 is 1.25 bits per heavy atom. The lowest BCUT2D eigenvalue weighted by molar-refractivity contribution is -0.119. The molecule has 5 heteroatoms. The van der Waals surface area contributed by atoms with E-state index in [1.54, 1.807) is 0 Å². The molecule has 1 unspecified atom stereocenters. The number of carbonyl (C=O) groups is 1. The molecule has 0 spiro atoms. The molecule has 0 aromatic heterocycles. The minimum absolute atomic E-state index is 0.392. The van der Waals surface area contributed by atoms with E-state index in [9.17, 15) is 4.79 Å². The number of primary amides is 1. The molecule has 0 bridgehead atoms. The fourth-order valence-corrected chi connectivity index (χ4v) is 2.26. The number of hydrogen-bond donors (Lipinski definition) is 2. The molecule has 1 heterocycles. The Kier molecular flexibility index (Phi) is 3.78. The molecule has 1 amide bonds. The van der Waals surface area contributed by atoms with Crippen LogP contribution in [-0.4, -0.2) is 60.5 Å². The Balaban J connectivity index is 1.63. The predicted octanol–water partition coefficient (Wildman–Crippen LogP) is -1.03. The molecule has 1 aliphatic heterocycles. The van der Waals surface area contributed by atoms with Crippen molar-refractivity contribution in [3.05, 3.63) is 0 Å². The van der Waals surface area contributed by atoms with Gasteiger partial charge in [0.1, 0.15) is 0 Å². The molecule has 0 aromatic rings. The molecule has 2 rings (SSSR count). The molecule has 92 valence electrons. The second kappa shape index (κ2) is 5.12. The Labute approximate surface area is 96.7 Å². The normalized spacial score (nSPS) is 25.6. The first-order chi connectivity index (χ1) is 7.66. The molecule has 2 aliphatic rings. The van der Waals surface area contributed by atoms with Gasteiger partial charge in [0, 0.05) is 38.8 Å². The summed E-state index contributed by atoms with van der Waals surface area (Å²) in [6, 6.07) is 0.386. The third-order valence-corrected chi connectivity index (χ3v) is 3.59. The number of amides is 1. The molecular formula is C11H22N4O. The lowest BCUT2D eigenvalue weighted by Crippen LogP contribution is -2.48. The summed E-state index contributed by atoms with van der Waals surface area (Å²) in [5.74, 6) is -0.392. The minimum Gasteiger partial charge on any atom is -0.368 e. The van der Waals surface area contributed by atoms with Crippen molar-refractivity contribution < 1.29 is 4.79 Å². The molecule has 1 saturated heterocycles. The lowest BCUT2D eigenvalue weighted by atomic mass is 10.2. The van der Waals surface area contributed by atoms with Crippen LogP contribution in [0.1, 0.15) is 19.3 Å². The highest BCUT2D eigenvalue weighted by atomic mass is 16.1. The van der Waals surface area contributed by atoms with E-state index in [0.29, 0.717) is 6.42 Å². The lowest BCUT2D eigenvalue weighted by Gasteiger charge is -2.35. The highest BCUT2D eigenvalue weighted by Gasteiger charge is 2.31. The van der Waals surface area contributed by atoms with Crippen molar-refractivity contribution in [3.8, 4) is 0 Å². The predicted molar refractivity (Wildman–Crippen MR) is 62.8 cm³/mol. The Hall–Kier alpha value is -0.650. The number of nitrogens with zero attached hydrogens (tertiary/aromatic N) is 2. The molecule has 1 atom stereocenters. The average molecular weight is 226 g/mol. The first-order valence-electron chi connectivity index (χ1n) is 6.18. The Morgan fingerprint density at radius 3 is 2.38 bits per heavy atom. The molecule has 1 aliphatic carbocycles. The summed E-state index contributed by atoms with van der Waals surface area (Å²) in [7, 11) is 0. The van der Waals surface area contributed by atoms with Gasteiger partial charge in [0.25, 0.3) is 0 Å². The van der Waals surface area contributed by atoms with Gasteiger partial charge in [-0.25, -0.2) is 0 Å². The quantitative estimate of drug-likeness (QED) is 0.628. The van der Waals surface area contributed by atoms with Crippen molar-refractivity contribution in [1.82, 2.24) is 9.80 Å². The van der Waals surface area contributed by atoms with Gasteiger partial charge < -0.3 is 16.4 Å². The van der Waals surface area contributed by atoms with E-state index in [1.807, 2.05) is 0 Å². The molecule has 0 aromatic carbocycles. The monoisotopic (exact) mass is 226 g/mol. The van der Waals surface area contributed by atoms with Crippen LogP contribution in [0.3, 0.4) is 0 Å². The number of carbonyl (C=O) groups excluding carboxylic acids is 1. The van der Waals surface area contributed by atoms with Crippen LogP contribution < -0.4 is 11.5 Å². The zero-order valence-corrected chi connectivity index (χ0v) is 9.77. The number of hydrogen-bond acceptors (Lipinski definition) is 4. The maximum atomic E-state index is 10.8. The maximum absolute atomic E-state index is 10.8. The Morgan fingerprint density at radius 2 is 1.88 bits per heavy atom. The van der Waals surface area contributed by atoms with Gasteiger partial charge in [-0.05, 0) is 19.3 Å². The van der Waals surface area contributed by atoms with Gasteiger partial charge in [-0.3, -0.25) is 9.69 Å². The Bertz CT molecular complexity index is 246. The highest BCUT2D eigenvalue weighted by molar-refractivity contribution is 5.79. The van der Waals surface area contributed by atoms with Crippen molar-refractivity contribution in [2.24, 2.45) is 11.5 Å². The van der Waals surface area contributed by atoms with E-state index in [1.165, 1.54) is 12.8 Å². The van der Waals surface area contributed by atoms with Gasteiger partial charge >= 0.3 is 0 Å². The number of piperazine rings is 1. The van der Waals surface area contributed by atoms with E-state index in [-0.39, 0.29) is 0 Å². The number of rotatable bonds is 5. The van der Waals surface area contributed by atoms with Crippen LogP contribution in [-0.2, 0) is 4.79 Å². The van der Waals surface area contributed by atoms with E-state index in [2.05, 4.69) is 9.80 Å². The minimum atomic E-state index is -0.485. The van der Waals surface area contributed by atoms with E-state index < -0.39 is 11.9 Å². The van der Waals surface area contributed by atoms with Crippen LogP contribution >= 0.6 is 0 Å². The van der Waals surface area contributed by atoms with Crippen molar-refractivity contribution >= 4 is 5.91 Å². The first-order valence-corrected chi connectivity index (χ1v) is 6.18. The van der Waals surface area contributed by atoms with E-state index in [0.717, 1.165) is 38.8 Å². The summed E-state index contributed by atoms with van der Waals surface area (Å²) in [5, 5.41) is 0. The molecule has 0 radical (unpaired) electrons. The standard InChI is InChI=1S/C11H22N4O/c12-10(11(13)16)3-4-14-5-7-15(8-6-14)9-1-2-9/h9-10H,1-8,12H2,(H2,13,16). The second-order valence-electron chi connectivity index (χ2n) is 4.91. The van der Waals surface area contributed by atoms with Crippen LogP contribution in [0.25, 0.3) is 0 Å². The summed E-state index contributed by atoms with van der Waals surface area (Å²) in [5.41, 5.74) is 10.7. The summed E-state index contributed by atoms with van der Waals surface area (Å²) in [4.78, 5) is 15.7. The van der Waals surface area contributed by atoms with Crippen molar-refractivity contribution in [3.63, 3.8) is 0 Å². The molecular weight excluding hydrogens is 204 g/mol. The fraction of sp³-hybridized carbons (Fsp3) is 0.909. The van der Waals surface area contributed by atoms with E-state index in [4.69, 9.17) is 11.5 Å². The fourth-order valence-electron chi connectivity index (χ4n) is 2.26. The van der Waals surface area contributed by atoms with Crippen molar-refractivity contribution in [1.29, 1.82) is 0 Å². The third-order valence-electron chi connectivity index (χ3n) is 3.59.